The summed E-state index contributed by atoms with van der Waals surface area (Å²) in [7, 11) is 1.61. The Kier molecular flexibility index (Phi) is 2.82. The van der Waals surface area contributed by atoms with Crippen LogP contribution in [0.4, 0.5) is 0 Å². The SMILES string of the molecule is Cc1cc(Cl)c2cnccc2c1S(=O)(=O)Cl. The number of nitrogens with zero attached hydrogens (tertiary/aromatic N) is 1. The first-order valence-electron chi connectivity index (χ1n) is 4.39. The molecule has 84 valence electrons. The maximum atomic E-state index is 11.5. The van der Waals surface area contributed by atoms with E-state index in [2.05, 4.69) is 4.98 Å². The standard InChI is InChI=1S/C10H7Cl2NO2S/c1-6-4-9(11)8-5-13-3-2-7(8)10(6)16(12,14)15/h2-5H,1H3. The Balaban J connectivity index is 3.05. The molecule has 0 bridgehead atoms. The normalized spacial score (nSPS) is 11.9. The van der Waals surface area contributed by atoms with Crippen LogP contribution in [0.3, 0.4) is 0 Å². The second-order valence-electron chi connectivity index (χ2n) is 3.36. The number of hydrogen-bond donors (Lipinski definition) is 0. The maximum absolute atomic E-state index is 11.5. The van der Waals surface area contributed by atoms with Crippen molar-refractivity contribution in [2.24, 2.45) is 0 Å². The first-order valence-corrected chi connectivity index (χ1v) is 7.07. The van der Waals surface area contributed by atoms with Crippen LogP contribution in [-0.2, 0) is 9.05 Å². The molecule has 0 N–H and O–H groups in total. The van der Waals surface area contributed by atoms with Crippen molar-refractivity contribution in [1.29, 1.82) is 0 Å². The van der Waals surface area contributed by atoms with Crippen LogP contribution < -0.4 is 0 Å². The molecule has 0 unspecified atom stereocenters. The van der Waals surface area contributed by atoms with Crippen molar-refractivity contribution < 1.29 is 8.42 Å². The van der Waals surface area contributed by atoms with Gasteiger partial charge in [0.2, 0.25) is 0 Å². The van der Waals surface area contributed by atoms with Crippen molar-refractivity contribution in [3.05, 3.63) is 35.1 Å². The first kappa shape index (κ1) is 11.6. The van der Waals surface area contributed by atoms with Gasteiger partial charge in [0.05, 0.1) is 9.92 Å². The summed E-state index contributed by atoms with van der Waals surface area (Å²) in [6, 6.07) is 3.16. The van der Waals surface area contributed by atoms with Crippen molar-refractivity contribution in [2.75, 3.05) is 0 Å². The van der Waals surface area contributed by atoms with Crippen molar-refractivity contribution >= 4 is 42.1 Å². The number of fused-ring (bicyclic) bond motifs is 1. The molecule has 0 radical (unpaired) electrons. The van der Waals surface area contributed by atoms with E-state index in [0.717, 1.165) is 0 Å². The van der Waals surface area contributed by atoms with Gasteiger partial charge < -0.3 is 0 Å². The highest BCUT2D eigenvalue weighted by atomic mass is 35.7. The molecule has 0 amide bonds. The van der Waals surface area contributed by atoms with Crippen LogP contribution >= 0.6 is 22.3 Å². The Morgan fingerprint density at radius 3 is 2.62 bits per heavy atom. The number of aryl methyl sites for hydroxylation is 1. The van der Waals surface area contributed by atoms with Gasteiger partial charge in [-0.25, -0.2) is 8.42 Å². The van der Waals surface area contributed by atoms with E-state index in [1.54, 1.807) is 19.1 Å². The third kappa shape index (κ3) is 1.88. The monoisotopic (exact) mass is 275 g/mol. The molecule has 2 rings (SSSR count). The fourth-order valence-corrected chi connectivity index (χ4v) is 3.47. The highest BCUT2D eigenvalue weighted by Crippen LogP contribution is 2.33. The van der Waals surface area contributed by atoms with Crippen LogP contribution in [0.15, 0.2) is 29.4 Å². The average molecular weight is 276 g/mol. The van der Waals surface area contributed by atoms with E-state index in [-0.39, 0.29) is 4.90 Å². The molecule has 3 nitrogen and oxygen atoms in total. The van der Waals surface area contributed by atoms with Crippen LogP contribution in [0.2, 0.25) is 5.02 Å². The van der Waals surface area contributed by atoms with E-state index in [9.17, 15) is 8.42 Å². The smallest absolute Gasteiger partial charge is 0.262 e. The summed E-state index contributed by atoms with van der Waals surface area (Å²) in [4.78, 5) is 4.00. The zero-order chi connectivity index (χ0) is 11.9. The Bertz CT molecular complexity index is 668. The second-order valence-corrected chi connectivity index (χ2v) is 6.27. The van der Waals surface area contributed by atoms with Gasteiger partial charge in [0.1, 0.15) is 0 Å². The summed E-state index contributed by atoms with van der Waals surface area (Å²) in [6.45, 7) is 1.65. The minimum atomic E-state index is -3.79. The average Bonchev–Trinajstić information content (AvgIpc) is 2.15. The van der Waals surface area contributed by atoms with Gasteiger partial charge in [0, 0.05) is 33.8 Å². The second kappa shape index (κ2) is 3.87. The summed E-state index contributed by atoms with van der Waals surface area (Å²) >= 11 is 6.01. The van der Waals surface area contributed by atoms with E-state index in [1.807, 2.05) is 0 Å². The lowest BCUT2D eigenvalue weighted by Crippen LogP contribution is -1.97. The Morgan fingerprint density at radius 2 is 2.00 bits per heavy atom. The van der Waals surface area contributed by atoms with Gasteiger partial charge in [-0.1, -0.05) is 11.6 Å². The molecule has 0 aliphatic heterocycles. The van der Waals surface area contributed by atoms with Gasteiger partial charge >= 0.3 is 0 Å². The van der Waals surface area contributed by atoms with Gasteiger partial charge in [-0.05, 0) is 24.6 Å². The van der Waals surface area contributed by atoms with Gasteiger partial charge in [-0.15, -0.1) is 0 Å². The van der Waals surface area contributed by atoms with E-state index in [1.165, 1.54) is 12.4 Å². The Labute approximate surface area is 102 Å². The van der Waals surface area contributed by atoms with Gasteiger partial charge in [-0.3, -0.25) is 4.98 Å². The Morgan fingerprint density at radius 1 is 1.31 bits per heavy atom. The quantitative estimate of drug-likeness (QED) is 0.752. The zero-order valence-corrected chi connectivity index (χ0v) is 10.6. The third-order valence-electron chi connectivity index (χ3n) is 2.27. The van der Waals surface area contributed by atoms with Gasteiger partial charge in [0.15, 0.2) is 0 Å². The molecular formula is C10H7Cl2NO2S. The highest BCUT2D eigenvalue weighted by Gasteiger charge is 2.18. The topological polar surface area (TPSA) is 47.0 Å². The van der Waals surface area contributed by atoms with Crippen molar-refractivity contribution in [3.8, 4) is 0 Å². The number of rotatable bonds is 1. The molecule has 0 atom stereocenters. The molecule has 2 aromatic rings. The molecule has 6 heteroatoms. The molecule has 16 heavy (non-hydrogen) atoms. The molecule has 1 heterocycles. The first-order chi connectivity index (χ1) is 7.41. The lowest BCUT2D eigenvalue weighted by Gasteiger charge is -2.08. The van der Waals surface area contributed by atoms with Crippen LogP contribution in [0.25, 0.3) is 10.8 Å². The lowest BCUT2D eigenvalue weighted by molar-refractivity contribution is 0.610. The van der Waals surface area contributed by atoms with E-state index in [0.29, 0.717) is 21.4 Å². The minimum absolute atomic E-state index is 0.0935. The summed E-state index contributed by atoms with van der Waals surface area (Å²) in [6.07, 6.45) is 3.02. The largest absolute Gasteiger partial charge is 0.264 e. The summed E-state index contributed by atoms with van der Waals surface area (Å²) in [5.74, 6) is 0. The Hall–Kier alpha value is -0.840. The molecule has 0 saturated carbocycles. The summed E-state index contributed by atoms with van der Waals surface area (Å²) < 4.78 is 23.0. The van der Waals surface area contributed by atoms with Crippen LogP contribution in [0, 0.1) is 6.92 Å². The maximum Gasteiger partial charge on any atom is 0.262 e. The fourth-order valence-electron chi connectivity index (χ4n) is 1.65. The minimum Gasteiger partial charge on any atom is -0.264 e. The zero-order valence-electron chi connectivity index (χ0n) is 8.24. The molecule has 1 aromatic carbocycles. The van der Waals surface area contributed by atoms with Crippen molar-refractivity contribution in [3.63, 3.8) is 0 Å². The van der Waals surface area contributed by atoms with E-state index >= 15 is 0 Å². The molecule has 1 aromatic heterocycles. The molecule has 0 fully saturated rings. The van der Waals surface area contributed by atoms with Crippen LogP contribution in [-0.4, -0.2) is 13.4 Å². The van der Waals surface area contributed by atoms with Crippen LogP contribution in [0.1, 0.15) is 5.56 Å². The molecular weight excluding hydrogens is 269 g/mol. The van der Waals surface area contributed by atoms with E-state index in [4.69, 9.17) is 22.3 Å². The van der Waals surface area contributed by atoms with Crippen molar-refractivity contribution in [1.82, 2.24) is 4.98 Å². The number of hydrogen-bond acceptors (Lipinski definition) is 3. The number of aromatic nitrogens is 1. The summed E-state index contributed by atoms with van der Waals surface area (Å²) in [5, 5.41) is 1.54. The number of halogens is 2. The predicted molar refractivity (Wildman–Crippen MR) is 64.5 cm³/mol. The van der Waals surface area contributed by atoms with Gasteiger partial charge in [-0.2, -0.15) is 0 Å². The number of pyridine rings is 1. The van der Waals surface area contributed by atoms with Crippen LogP contribution in [0.5, 0.6) is 0 Å². The van der Waals surface area contributed by atoms with Crippen molar-refractivity contribution in [2.45, 2.75) is 11.8 Å². The molecule has 0 spiro atoms. The number of benzene rings is 1. The third-order valence-corrected chi connectivity index (χ3v) is 4.07. The van der Waals surface area contributed by atoms with E-state index < -0.39 is 9.05 Å². The molecule has 0 saturated heterocycles. The molecule has 0 aliphatic rings. The predicted octanol–water partition coefficient (Wildman–Crippen LogP) is 3.12. The fraction of sp³-hybridized carbons (Fsp3) is 0.100. The molecule has 0 aliphatic carbocycles. The summed E-state index contributed by atoms with van der Waals surface area (Å²) in [5.41, 5.74) is 0.527. The lowest BCUT2D eigenvalue weighted by atomic mass is 10.1. The van der Waals surface area contributed by atoms with Gasteiger partial charge in [0.25, 0.3) is 9.05 Å². The highest BCUT2D eigenvalue weighted by molar-refractivity contribution is 8.14.